The van der Waals surface area contributed by atoms with Crippen molar-refractivity contribution in [3.8, 4) is 0 Å². The summed E-state index contributed by atoms with van der Waals surface area (Å²) in [6.45, 7) is 3.51. The molecule has 0 bridgehead atoms. The summed E-state index contributed by atoms with van der Waals surface area (Å²) in [7, 11) is 4.20. The first-order chi connectivity index (χ1) is 11.3. The third-order valence-corrected chi connectivity index (χ3v) is 3.02. The van der Waals surface area contributed by atoms with Crippen LogP contribution in [-0.4, -0.2) is 76.9 Å². The second kappa shape index (κ2) is 11.8. The van der Waals surface area contributed by atoms with Crippen LogP contribution in [0.5, 0.6) is 0 Å². The summed E-state index contributed by atoms with van der Waals surface area (Å²) >= 11 is 0. The molecule has 0 rings (SSSR count). The van der Waals surface area contributed by atoms with Gasteiger partial charge in [-0.2, -0.15) is 0 Å². The molecule has 0 aromatic carbocycles. The molecule has 0 spiro atoms. The van der Waals surface area contributed by atoms with Crippen molar-refractivity contribution in [2.45, 2.75) is 45.2 Å². The first-order valence-corrected chi connectivity index (χ1v) is 7.29. The molecule has 0 saturated heterocycles. The fraction of sp³-hybridized carbons (Fsp3) is 0.800. The van der Waals surface area contributed by atoms with Gasteiger partial charge >= 0.3 is 17.9 Å². The maximum absolute atomic E-state index is 11.3. The van der Waals surface area contributed by atoms with Gasteiger partial charge in [-0.3, -0.25) is 14.4 Å². The van der Waals surface area contributed by atoms with Crippen molar-refractivity contribution in [3.05, 3.63) is 0 Å². The number of hydrogen-bond acceptors (Lipinski definition) is 9. The molecule has 0 saturated carbocycles. The fourth-order valence-corrected chi connectivity index (χ4v) is 2.18. The first-order valence-electron chi connectivity index (χ1n) is 7.29. The Morgan fingerprint density at radius 1 is 0.708 bits per heavy atom. The summed E-state index contributed by atoms with van der Waals surface area (Å²) in [5, 5.41) is 0. The number of ether oxygens (including phenoxy) is 6. The standard InChI is InChI=1S/C15H26O9/c1-9(16)22-8-13(24-11(3)18)15(21-6)14(20-5)12(7-19-4)23-10(2)17/h12-15H,7-8H2,1-6H3/t12-,13-,14-,15-/m0/s1. The third kappa shape index (κ3) is 8.23. The lowest BCUT2D eigenvalue weighted by atomic mass is 10.0. The molecule has 0 aliphatic heterocycles. The molecule has 9 heteroatoms. The second-order valence-electron chi connectivity index (χ2n) is 4.95. The highest BCUT2D eigenvalue weighted by molar-refractivity contribution is 5.67. The van der Waals surface area contributed by atoms with Gasteiger partial charge in [0.25, 0.3) is 0 Å². The monoisotopic (exact) mass is 350 g/mol. The highest BCUT2D eigenvalue weighted by Crippen LogP contribution is 2.18. The second-order valence-corrected chi connectivity index (χ2v) is 4.95. The van der Waals surface area contributed by atoms with E-state index in [1.165, 1.54) is 42.1 Å². The highest BCUT2D eigenvalue weighted by atomic mass is 16.6. The number of hydrogen-bond donors (Lipinski definition) is 0. The van der Waals surface area contributed by atoms with Gasteiger partial charge in [0.2, 0.25) is 0 Å². The van der Waals surface area contributed by atoms with Gasteiger partial charge in [0.15, 0.2) is 12.2 Å². The summed E-state index contributed by atoms with van der Waals surface area (Å²) in [6, 6.07) is 0. The Kier molecular flexibility index (Phi) is 10.9. The van der Waals surface area contributed by atoms with Crippen molar-refractivity contribution in [2.24, 2.45) is 0 Å². The van der Waals surface area contributed by atoms with Crippen molar-refractivity contribution in [1.82, 2.24) is 0 Å². The summed E-state index contributed by atoms with van der Waals surface area (Å²) in [4.78, 5) is 33.7. The summed E-state index contributed by atoms with van der Waals surface area (Å²) in [5.74, 6) is -1.65. The lowest BCUT2D eigenvalue weighted by Crippen LogP contribution is -2.52. The normalized spacial score (nSPS) is 15.8. The molecule has 0 unspecified atom stereocenters. The Bertz CT molecular complexity index is 410. The van der Waals surface area contributed by atoms with E-state index in [9.17, 15) is 14.4 Å². The molecule has 0 aliphatic carbocycles. The van der Waals surface area contributed by atoms with E-state index in [0.717, 1.165) is 0 Å². The van der Waals surface area contributed by atoms with Crippen LogP contribution in [0.1, 0.15) is 20.8 Å². The molecular formula is C15H26O9. The van der Waals surface area contributed by atoms with Crippen LogP contribution in [-0.2, 0) is 42.8 Å². The van der Waals surface area contributed by atoms with Gasteiger partial charge in [-0.25, -0.2) is 0 Å². The number of esters is 3. The van der Waals surface area contributed by atoms with Crippen LogP contribution < -0.4 is 0 Å². The molecule has 24 heavy (non-hydrogen) atoms. The summed E-state index contributed by atoms with van der Waals surface area (Å²) in [6.07, 6.45) is -3.44. The van der Waals surface area contributed by atoms with Crippen LogP contribution in [0.25, 0.3) is 0 Å². The van der Waals surface area contributed by atoms with Gasteiger partial charge in [0.05, 0.1) is 6.61 Å². The van der Waals surface area contributed by atoms with Crippen LogP contribution in [0.15, 0.2) is 0 Å². The van der Waals surface area contributed by atoms with Crippen molar-refractivity contribution >= 4 is 17.9 Å². The highest BCUT2D eigenvalue weighted by Gasteiger charge is 2.39. The lowest BCUT2D eigenvalue weighted by Gasteiger charge is -2.34. The van der Waals surface area contributed by atoms with Crippen LogP contribution in [0.4, 0.5) is 0 Å². The van der Waals surface area contributed by atoms with Gasteiger partial charge in [-0.15, -0.1) is 0 Å². The Hall–Kier alpha value is -1.71. The average molecular weight is 350 g/mol. The minimum atomic E-state index is -0.948. The number of carbonyl (C=O) groups is 3. The lowest BCUT2D eigenvalue weighted by molar-refractivity contribution is -0.192. The van der Waals surface area contributed by atoms with Crippen molar-refractivity contribution in [2.75, 3.05) is 34.5 Å². The number of methoxy groups -OCH3 is 3. The maximum Gasteiger partial charge on any atom is 0.303 e. The van der Waals surface area contributed by atoms with E-state index in [0.29, 0.717) is 0 Å². The molecule has 140 valence electrons. The number of rotatable bonds is 11. The van der Waals surface area contributed by atoms with E-state index in [2.05, 4.69) is 0 Å². The molecule has 0 aliphatic rings. The van der Waals surface area contributed by atoms with Gasteiger partial charge < -0.3 is 28.4 Å². The first kappa shape index (κ1) is 22.3. The van der Waals surface area contributed by atoms with E-state index in [-0.39, 0.29) is 13.2 Å². The van der Waals surface area contributed by atoms with Crippen LogP contribution >= 0.6 is 0 Å². The van der Waals surface area contributed by atoms with Crippen LogP contribution in [0.2, 0.25) is 0 Å². The van der Waals surface area contributed by atoms with Crippen LogP contribution in [0.3, 0.4) is 0 Å². The smallest absolute Gasteiger partial charge is 0.303 e. The fourth-order valence-electron chi connectivity index (χ4n) is 2.18. The molecule has 0 heterocycles. The zero-order valence-corrected chi connectivity index (χ0v) is 14.9. The maximum atomic E-state index is 11.3. The molecule has 0 aromatic rings. The summed E-state index contributed by atoms with van der Waals surface area (Å²) < 4.78 is 31.0. The van der Waals surface area contributed by atoms with Gasteiger partial charge in [-0.1, -0.05) is 0 Å². The quantitative estimate of drug-likeness (QED) is 0.378. The zero-order valence-electron chi connectivity index (χ0n) is 14.9. The molecule has 0 N–H and O–H groups in total. The Morgan fingerprint density at radius 3 is 1.42 bits per heavy atom. The molecule has 0 amide bonds. The van der Waals surface area contributed by atoms with E-state index in [1.54, 1.807) is 0 Å². The molecule has 4 atom stereocenters. The molecular weight excluding hydrogens is 324 g/mol. The minimum absolute atomic E-state index is 0.0400. The molecule has 0 aromatic heterocycles. The minimum Gasteiger partial charge on any atom is -0.462 e. The molecule has 0 fully saturated rings. The summed E-state index contributed by atoms with van der Waals surface area (Å²) in [5.41, 5.74) is 0. The largest absolute Gasteiger partial charge is 0.462 e. The van der Waals surface area contributed by atoms with E-state index >= 15 is 0 Å². The predicted molar refractivity (Wildman–Crippen MR) is 81.2 cm³/mol. The van der Waals surface area contributed by atoms with Gasteiger partial charge in [0.1, 0.15) is 18.8 Å². The Morgan fingerprint density at radius 2 is 1.12 bits per heavy atom. The zero-order chi connectivity index (χ0) is 18.7. The van der Waals surface area contributed by atoms with Gasteiger partial charge in [0, 0.05) is 42.1 Å². The number of carbonyl (C=O) groups excluding carboxylic acids is 3. The average Bonchev–Trinajstić information content (AvgIpc) is 2.47. The van der Waals surface area contributed by atoms with E-state index < -0.39 is 42.3 Å². The van der Waals surface area contributed by atoms with Crippen molar-refractivity contribution < 1.29 is 42.8 Å². The Labute approximate surface area is 141 Å². The molecule has 9 nitrogen and oxygen atoms in total. The van der Waals surface area contributed by atoms with Crippen molar-refractivity contribution in [1.29, 1.82) is 0 Å². The molecule has 0 radical (unpaired) electrons. The predicted octanol–water partition coefficient (Wildman–Crippen LogP) is 0.0893. The third-order valence-electron chi connectivity index (χ3n) is 3.02. The van der Waals surface area contributed by atoms with E-state index in [1.807, 2.05) is 0 Å². The SMILES string of the molecule is COC[C@H](OC(C)=O)[C@H](OC)[C@@H](OC)[C@H](COC(C)=O)OC(C)=O. The topological polar surface area (TPSA) is 107 Å². The van der Waals surface area contributed by atoms with Gasteiger partial charge in [-0.05, 0) is 0 Å². The van der Waals surface area contributed by atoms with Crippen molar-refractivity contribution in [3.63, 3.8) is 0 Å². The van der Waals surface area contributed by atoms with E-state index in [4.69, 9.17) is 28.4 Å². The van der Waals surface area contributed by atoms with Crippen LogP contribution in [0, 0.1) is 0 Å². The Balaban J connectivity index is 5.39.